The molecule has 2 N–H and O–H groups in total. The average Bonchev–Trinajstić information content (AvgIpc) is 2.97. The Hall–Kier alpha value is -1.83. The molecule has 1 amide bonds. The van der Waals surface area contributed by atoms with Crippen molar-refractivity contribution in [2.75, 3.05) is 30.4 Å². The van der Waals surface area contributed by atoms with Gasteiger partial charge < -0.3 is 15.5 Å². The first-order valence-corrected chi connectivity index (χ1v) is 7.76. The van der Waals surface area contributed by atoms with Gasteiger partial charge >= 0.3 is 0 Å². The molecule has 0 aromatic carbocycles. The first-order valence-electron chi connectivity index (χ1n) is 7.76. The summed E-state index contributed by atoms with van der Waals surface area (Å²) in [4.78, 5) is 19.0. The van der Waals surface area contributed by atoms with Gasteiger partial charge in [0.2, 0.25) is 5.91 Å². The van der Waals surface area contributed by atoms with Crippen molar-refractivity contribution in [1.82, 2.24) is 20.1 Å². The maximum absolute atomic E-state index is 12.4. The van der Waals surface area contributed by atoms with Crippen molar-refractivity contribution in [3.8, 4) is 0 Å². The fourth-order valence-corrected chi connectivity index (χ4v) is 2.45. The zero-order chi connectivity index (χ0) is 16.8. The van der Waals surface area contributed by atoms with Gasteiger partial charge in [0.25, 0.3) is 0 Å². The Labute approximate surface area is 161 Å². The Kier molecular flexibility index (Phi) is 10.1. The normalized spacial score (nSPS) is 11.0. The summed E-state index contributed by atoms with van der Waals surface area (Å²) in [7, 11) is 3.57. The van der Waals surface area contributed by atoms with Gasteiger partial charge in [-0.15, -0.1) is 24.8 Å². The number of amides is 1. The second-order valence-corrected chi connectivity index (χ2v) is 5.24. The number of halogens is 2. The van der Waals surface area contributed by atoms with Crippen LogP contribution >= 0.6 is 24.8 Å². The summed E-state index contributed by atoms with van der Waals surface area (Å²) in [5.74, 6) is 0.767. The minimum absolute atomic E-state index is 0. The number of pyridine rings is 1. The van der Waals surface area contributed by atoms with Crippen molar-refractivity contribution in [3.05, 3.63) is 36.3 Å². The van der Waals surface area contributed by atoms with Gasteiger partial charge in [0.1, 0.15) is 11.9 Å². The molecule has 0 radical (unpaired) electrons. The predicted molar refractivity (Wildman–Crippen MR) is 106 cm³/mol. The summed E-state index contributed by atoms with van der Waals surface area (Å²) in [5.41, 5.74) is 1.50. The summed E-state index contributed by atoms with van der Waals surface area (Å²) in [5, 5.41) is 9.99. The summed E-state index contributed by atoms with van der Waals surface area (Å²) < 4.78 is 1.67. The second kappa shape index (κ2) is 10.9. The average molecular weight is 389 g/mol. The zero-order valence-corrected chi connectivity index (χ0v) is 16.5. The van der Waals surface area contributed by atoms with Gasteiger partial charge in [-0.3, -0.25) is 9.48 Å². The molecule has 0 aliphatic carbocycles. The van der Waals surface area contributed by atoms with Gasteiger partial charge in [0.05, 0.1) is 18.1 Å². The number of rotatable bonds is 7. The van der Waals surface area contributed by atoms with Crippen molar-refractivity contribution < 1.29 is 4.79 Å². The lowest BCUT2D eigenvalue weighted by atomic mass is 10.1. The Morgan fingerprint density at radius 3 is 2.36 bits per heavy atom. The van der Waals surface area contributed by atoms with E-state index >= 15 is 0 Å². The van der Waals surface area contributed by atoms with E-state index in [1.165, 1.54) is 0 Å². The van der Waals surface area contributed by atoms with Crippen LogP contribution in [0, 0.1) is 0 Å². The van der Waals surface area contributed by atoms with Crippen molar-refractivity contribution >= 4 is 42.2 Å². The SMILES string of the molecule is CCN(CC)c1ccc(NC(=O)C(NC)c2cnn(C)c2)cn1.Cl.Cl. The van der Waals surface area contributed by atoms with E-state index in [9.17, 15) is 4.79 Å². The number of anilines is 2. The van der Waals surface area contributed by atoms with Gasteiger partial charge in [0.15, 0.2) is 0 Å². The van der Waals surface area contributed by atoms with Crippen LogP contribution in [-0.2, 0) is 11.8 Å². The maximum Gasteiger partial charge on any atom is 0.246 e. The molecule has 0 saturated heterocycles. The highest BCUT2D eigenvalue weighted by atomic mass is 35.5. The molecule has 0 fully saturated rings. The van der Waals surface area contributed by atoms with E-state index in [1.807, 2.05) is 25.4 Å². The van der Waals surface area contributed by atoms with Crippen molar-refractivity contribution in [2.24, 2.45) is 7.05 Å². The number of carbonyl (C=O) groups excluding carboxylic acids is 1. The van der Waals surface area contributed by atoms with E-state index < -0.39 is 6.04 Å². The number of nitrogens with one attached hydrogen (secondary N) is 2. The van der Waals surface area contributed by atoms with Crippen LogP contribution in [0.25, 0.3) is 0 Å². The summed E-state index contributed by atoms with van der Waals surface area (Å²) >= 11 is 0. The number of carbonyl (C=O) groups is 1. The van der Waals surface area contributed by atoms with E-state index in [0.29, 0.717) is 5.69 Å². The fraction of sp³-hybridized carbons (Fsp3) is 0.438. The first kappa shape index (κ1) is 23.2. The molecule has 2 heterocycles. The molecule has 25 heavy (non-hydrogen) atoms. The lowest BCUT2D eigenvalue weighted by Crippen LogP contribution is -2.30. The van der Waals surface area contributed by atoms with Gasteiger partial charge in [-0.05, 0) is 33.0 Å². The minimum Gasteiger partial charge on any atom is -0.357 e. The van der Waals surface area contributed by atoms with E-state index in [-0.39, 0.29) is 30.7 Å². The standard InChI is InChI=1S/C16H24N6O.2ClH/c1-5-22(6-2)14-8-7-13(10-18-14)20-16(23)15(17-3)12-9-19-21(4)11-12;;/h7-11,15,17H,5-6H2,1-4H3,(H,20,23);2*1H. The Morgan fingerprint density at radius 1 is 1.24 bits per heavy atom. The summed E-state index contributed by atoms with van der Waals surface area (Å²) in [6, 6.07) is 3.33. The highest BCUT2D eigenvalue weighted by Crippen LogP contribution is 2.17. The van der Waals surface area contributed by atoms with E-state index in [0.717, 1.165) is 24.5 Å². The quantitative estimate of drug-likeness (QED) is 0.761. The molecule has 9 heteroatoms. The molecule has 0 spiro atoms. The third-order valence-corrected chi connectivity index (χ3v) is 3.71. The van der Waals surface area contributed by atoms with Crippen LogP contribution in [0.4, 0.5) is 11.5 Å². The highest BCUT2D eigenvalue weighted by Gasteiger charge is 2.20. The number of aryl methyl sites for hydroxylation is 1. The monoisotopic (exact) mass is 388 g/mol. The van der Waals surface area contributed by atoms with E-state index in [2.05, 4.69) is 39.5 Å². The molecule has 2 aromatic rings. The van der Waals surface area contributed by atoms with Crippen LogP contribution in [0.2, 0.25) is 0 Å². The van der Waals surface area contributed by atoms with Crippen LogP contribution in [0.5, 0.6) is 0 Å². The van der Waals surface area contributed by atoms with Gasteiger partial charge in [0, 0.05) is 31.9 Å². The molecule has 2 rings (SSSR count). The number of aromatic nitrogens is 3. The molecule has 2 aromatic heterocycles. The zero-order valence-electron chi connectivity index (χ0n) is 14.9. The van der Waals surface area contributed by atoms with Gasteiger partial charge in [-0.2, -0.15) is 5.10 Å². The van der Waals surface area contributed by atoms with Gasteiger partial charge in [-0.25, -0.2) is 4.98 Å². The number of hydrogen-bond acceptors (Lipinski definition) is 5. The predicted octanol–water partition coefficient (Wildman–Crippen LogP) is 2.40. The fourth-order valence-electron chi connectivity index (χ4n) is 2.45. The van der Waals surface area contributed by atoms with Crippen LogP contribution in [0.1, 0.15) is 25.5 Å². The topological polar surface area (TPSA) is 75.1 Å². The molecule has 140 valence electrons. The Morgan fingerprint density at radius 2 is 1.92 bits per heavy atom. The van der Waals surface area contributed by atoms with E-state index in [4.69, 9.17) is 0 Å². The lowest BCUT2D eigenvalue weighted by Gasteiger charge is -2.20. The van der Waals surface area contributed by atoms with Crippen LogP contribution in [0.3, 0.4) is 0 Å². The highest BCUT2D eigenvalue weighted by molar-refractivity contribution is 5.95. The van der Waals surface area contributed by atoms with Crippen LogP contribution in [0.15, 0.2) is 30.7 Å². The van der Waals surface area contributed by atoms with Gasteiger partial charge in [-0.1, -0.05) is 0 Å². The van der Waals surface area contributed by atoms with Crippen molar-refractivity contribution in [3.63, 3.8) is 0 Å². The Bertz CT molecular complexity index is 642. The molecule has 0 saturated carbocycles. The lowest BCUT2D eigenvalue weighted by molar-refractivity contribution is -0.118. The molecular formula is C16H26Cl2N6O. The van der Waals surface area contributed by atoms with Crippen molar-refractivity contribution in [1.29, 1.82) is 0 Å². The van der Waals surface area contributed by atoms with Crippen molar-refractivity contribution in [2.45, 2.75) is 19.9 Å². The van der Waals surface area contributed by atoms with E-state index in [1.54, 1.807) is 24.1 Å². The molecule has 0 aliphatic heterocycles. The smallest absolute Gasteiger partial charge is 0.246 e. The molecule has 1 unspecified atom stereocenters. The number of likely N-dealkylation sites (N-methyl/N-ethyl adjacent to an activating group) is 1. The molecule has 1 atom stereocenters. The molecule has 7 nitrogen and oxygen atoms in total. The Balaban J connectivity index is 0.00000288. The minimum atomic E-state index is -0.453. The maximum atomic E-state index is 12.4. The second-order valence-electron chi connectivity index (χ2n) is 5.24. The summed E-state index contributed by atoms with van der Waals surface area (Å²) in [6.45, 7) is 5.98. The van der Waals surface area contributed by atoms with Crippen LogP contribution in [-0.4, -0.2) is 40.8 Å². The number of hydrogen-bond donors (Lipinski definition) is 2. The summed E-state index contributed by atoms with van der Waals surface area (Å²) in [6.07, 6.45) is 5.19. The third-order valence-electron chi connectivity index (χ3n) is 3.71. The number of nitrogens with zero attached hydrogens (tertiary/aromatic N) is 4. The molecule has 0 bridgehead atoms. The molecule has 0 aliphatic rings. The molecular weight excluding hydrogens is 363 g/mol. The third kappa shape index (κ3) is 5.88. The van der Waals surface area contributed by atoms with Crippen LogP contribution < -0.4 is 15.5 Å². The largest absolute Gasteiger partial charge is 0.357 e. The first-order chi connectivity index (χ1) is 11.1.